The molecular formula is C57H74N4O8Si. The number of aliphatic hydroxyl groups excluding tert-OH is 2. The summed E-state index contributed by atoms with van der Waals surface area (Å²) in [7, 11) is -1.01. The molecule has 0 bridgehead atoms. The molecule has 1 fully saturated rings. The van der Waals surface area contributed by atoms with Crippen molar-refractivity contribution in [1.29, 1.82) is 0 Å². The fourth-order valence-corrected chi connectivity index (χ4v) is 15.0. The monoisotopic (exact) mass is 971 g/mol. The Labute approximate surface area is 416 Å². The van der Waals surface area contributed by atoms with E-state index in [4.69, 9.17) is 14.2 Å². The van der Waals surface area contributed by atoms with E-state index in [1.807, 2.05) is 90.7 Å². The summed E-state index contributed by atoms with van der Waals surface area (Å²) in [4.78, 5) is 50.8. The zero-order valence-electron chi connectivity index (χ0n) is 42.5. The summed E-state index contributed by atoms with van der Waals surface area (Å²) in [5.74, 6) is 0.572. The van der Waals surface area contributed by atoms with Gasteiger partial charge in [-0.25, -0.2) is 0 Å². The summed E-state index contributed by atoms with van der Waals surface area (Å²) in [6, 6.07) is 29.1. The fraction of sp³-hybridized carbons (Fsp3) is 0.456. The second kappa shape index (κ2) is 23.1. The number of hydrogen-bond acceptors (Lipinski definition) is 9. The quantitative estimate of drug-likeness (QED) is 0.0401. The number of amides is 3. The van der Waals surface area contributed by atoms with Crippen molar-refractivity contribution in [3.63, 3.8) is 0 Å². The first-order chi connectivity index (χ1) is 33.7. The van der Waals surface area contributed by atoms with E-state index in [9.17, 15) is 19.8 Å². The number of methoxy groups -OCH3 is 1. The number of ether oxygens (including phenoxy) is 3. The summed E-state index contributed by atoms with van der Waals surface area (Å²) >= 11 is 0. The summed E-state index contributed by atoms with van der Waals surface area (Å²) in [6.45, 7) is 16.7. The van der Waals surface area contributed by atoms with E-state index >= 15 is 4.79 Å². The molecule has 3 aliphatic rings. The highest BCUT2D eigenvalue weighted by Gasteiger charge is 2.66. The number of hydrogen-bond donors (Lipinski definition) is 3. The van der Waals surface area contributed by atoms with Crippen molar-refractivity contribution >= 4 is 48.0 Å². The molecule has 12 nitrogen and oxygen atoms in total. The Morgan fingerprint density at radius 2 is 1.66 bits per heavy atom. The normalized spacial score (nSPS) is 21.0. The van der Waals surface area contributed by atoms with Crippen molar-refractivity contribution in [2.45, 2.75) is 116 Å². The molecule has 374 valence electrons. The molecule has 0 saturated carbocycles. The van der Waals surface area contributed by atoms with E-state index in [0.717, 1.165) is 46.3 Å². The summed E-state index contributed by atoms with van der Waals surface area (Å²) < 4.78 is 19.0. The molecule has 0 radical (unpaired) electrons. The number of nitrogens with one attached hydrogen (secondary N) is 1. The minimum absolute atomic E-state index is 0.00559. The molecule has 1 unspecified atom stereocenters. The predicted molar refractivity (Wildman–Crippen MR) is 281 cm³/mol. The van der Waals surface area contributed by atoms with Gasteiger partial charge in [0.2, 0.25) is 11.8 Å². The van der Waals surface area contributed by atoms with E-state index in [1.54, 1.807) is 16.9 Å². The Bertz CT molecular complexity index is 2520. The highest BCUT2D eigenvalue weighted by molar-refractivity contribution is 6.91. The number of nitrogens with zero attached hydrogens (tertiary/aromatic N) is 3. The summed E-state index contributed by atoms with van der Waals surface area (Å²) in [5, 5.41) is 24.4. The molecule has 4 aromatic rings. The number of benzene rings is 4. The van der Waals surface area contributed by atoms with Crippen LogP contribution in [-0.2, 0) is 37.7 Å². The van der Waals surface area contributed by atoms with E-state index in [0.29, 0.717) is 62.4 Å². The zero-order valence-corrected chi connectivity index (χ0v) is 43.5. The van der Waals surface area contributed by atoms with Gasteiger partial charge in [0.15, 0.2) is 5.60 Å². The largest absolute Gasteiger partial charge is 0.497 e. The topological polar surface area (TPSA) is 141 Å². The second-order valence-corrected chi connectivity index (χ2v) is 24.6. The third-order valence-electron chi connectivity index (χ3n) is 14.6. The van der Waals surface area contributed by atoms with Gasteiger partial charge in [0.05, 0.1) is 58.3 Å². The third kappa shape index (κ3) is 11.0. The highest BCUT2D eigenvalue weighted by Crippen LogP contribution is 2.60. The first kappa shape index (κ1) is 52.3. The van der Waals surface area contributed by atoms with Crippen LogP contribution in [0.5, 0.6) is 11.5 Å². The molecule has 0 aromatic heterocycles. The lowest BCUT2D eigenvalue weighted by Crippen LogP contribution is -2.52. The molecule has 3 aliphatic heterocycles. The molecule has 5 atom stereocenters. The lowest BCUT2D eigenvalue weighted by atomic mass is 9.82. The molecule has 70 heavy (non-hydrogen) atoms. The van der Waals surface area contributed by atoms with Gasteiger partial charge in [-0.05, 0) is 132 Å². The van der Waals surface area contributed by atoms with Crippen LogP contribution in [0.25, 0.3) is 0 Å². The SMILES string of the molecule is CCOc1ccc2c(c1)CC(NCCCCO)C(=O)N2c1ccc2c(c1)[C@]1(O[C@@H](CC(=O)N(CCO)Cc3ccccc3)[C@H]([Si](C)(C)c3ccc(OC)cc3)[C@H]1C)C(=O)N2C/C=C(\C)CCC=C(C)C. The van der Waals surface area contributed by atoms with Gasteiger partial charge < -0.3 is 39.5 Å². The lowest BCUT2D eigenvalue weighted by molar-refractivity contribution is -0.149. The van der Waals surface area contributed by atoms with Crippen molar-refractivity contribution in [3.8, 4) is 11.5 Å². The van der Waals surface area contributed by atoms with Crippen molar-refractivity contribution in [2.24, 2.45) is 5.92 Å². The molecule has 13 heteroatoms. The van der Waals surface area contributed by atoms with Gasteiger partial charge in [0, 0.05) is 43.4 Å². The van der Waals surface area contributed by atoms with Crippen LogP contribution >= 0.6 is 0 Å². The second-order valence-electron chi connectivity index (χ2n) is 19.9. The predicted octanol–water partition coefficient (Wildman–Crippen LogP) is 8.71. The standard InChI is InChI=1S/C57H74N4O8Si/c1-9-68-46-23-27-50-43(34-46)35-49(58-29-13-14-32-62)55(65)61(50)44-20-26-51-48(36-44)57(56(66)60(51)30-28-40(4)17-15-16-39(2)3)41(5)54(70(7,8)47-24-21-45(67-6)22-25-47)52(69-57)37-53(64)59(31-33-63)38-42-18-11-10-12-19-42/h10-12,16,18-28,34,36,41,49,52,54,58,62-63H,9,13-15,17,29-33,35,37-38H2,1-8H3/b40-28+/t41-,49?,52+,54-,57+/m1/s1. The van der Waals surface area contributed by atoms with Crippen LogP contribution in [0.1, 0.15) is 83.4 Å². The minimum Gasteiger partial charge on any atom is -0.497 e. The lowest BCUT2D eigenvalue weighted by Gasteiger charge is -2.37. The maximum absolute atomic E-state index is 15.9. The highest BCUT2D eigenvalue weighted by atomic mass is 28.3. The van der Waals surface area contributed by atoms with Crippen LogP contribution in [0.3, 0.4) is 0 Å². The van der Waals surface area contributed by atoms with E-state index in [1.165, 1.54) is 11.1 Å². The van der Waals surface area contributed by atoms with E-state index in [-0.39, 0.29) is 49.4 Å². The molecule has 7 rings (SSSR count). The fourth-order valence-electron chi connectivity index (χ4n) is 11.0. The van der Waals surface area contributed by atoms with Crippen LogP contribution in [0.2, 0.25) is 18.6 Å². The smallest absolute Gasteiger partial charge is 0.264 e. The summed E-state index contributed by atoms with van der Waals surface area (Å²) in [5.41, 5.74) is 5.32. The average Bonchev–Trinajstić information content (AvgIpc) is 3.77. The molecule has 3 N–H and O–H groups in total. The Morgan fingerprint density at radius 1 is 0.929 bits per heavy atom. The van der Waals surface area contributed by atoms with Gasteiger partial charge in [-0.3, -0.25) is 19.3 Å². The number of fused-ring (bicyclic) bond motifs is 3. The first-order valence-electron chi connectivity index (χ1n) is 25.1. The summed E-state index contributed by atoms with van der Waals surface area (Å²) in [6.07, 6.45) is 7.25. The van der Waals surface area contributed by atoms with E-state index in [2.05, 4.69) is 70.4 Å². The zero-order chi connectivity index (χ0) is 50.2. The van der Waals surface area contributed by atoms with Crippen LogP contribution in [0.4, 0.5) is 17.1 Å². The Balaban J connectivity index is 1.37. The van der Waals surface area contributed by atoms with Crippen LogP contribution in [0.15, 0.2) is 114 Å². The van der Waals surface area contributed by atoms with Crippen molar-refractivity contribution in [2.75, 3.05) is 56.4 Å². The van der Waals surface area contributed by atoms with Gasteiger partial charge >= 0.3 is 0 Å². The van der Waals surface area contributed by atoms with Gasteiger partial charge in [-0.15, -0.1) is 0 Å². The maximum Gasteiger partial charge on any atom is 0.264 e. The van der Waals surface area contributed by atoms with Crippen LogP contribution < -0.4 is 29.8 Å². The molecule has 1 spiro atoms. The molecule has 1 saturated heterocycles. The van der Waals surface area contributed by atoms with Crippen LogP contribution in [-0.4, -0.2) is 99.6 Å². The third-order valence-corrected chi connectivity index (χ3v) is 19.0. The number of allylic oxidation sites excluding steroid dienone is 3. The van der Waals surface area contributed by atoms with Crippen molar-refractivity contribution in [3.05, 3.63) is 131 Å². The molecule has 3 amide bonds. The first-order valence-corrected chi connectivity index (χ1v) is 28.2. The number of anilines is 3. The van der Waals surface area contributed by atoms with Crippen molar-refractivity contribution in [1.82, 2.24) is 10.2 Å². The number of rotatable bonds is 22. The number of unbranched alkanes of at least 4 members (excludes halogenated alkanes) is 1. The molecule has 0 aliphatic carbocycles. The Morgan fingerprint density at radius 3 is 2.34 bits per heavy atom. The minimum atomic E-state index is -2.66. The molecular weight excluding hydrogens is 897 g/mol. The number of carbonyl (C=O) groups is 3. The van der Waals surface area contributed by atoms with Gasteiger partial charge in [-0.2, -0.15) is 0 Å². The molecule has 4 aromatic carbocycles. The number of aliphatic hydroxyl groups is 2. The maximum atomic E-state index is 15.9. The molecule has 3 heterocycles. The van der Waals surface area contributed by atoms with E-state index < -0.39 is 31.7 Å². The Kier molecular flexibility index (Phi) is 17.2. The Hall–Kier alpha value is -5.57. The van der Waals surface area contributed by atoms with Crippen LogP contribution in [0, 0.1) is 5.92 Å². The van der Waals surface area contributed by atoms with Crippen molar-refractivity contribution < 1.29 is 38.8 Å². The van der Waals surface area contributed by atoms with Gasteiger partial charge in [0.1, 0.15) is 11.5 Å². The number of carbonyl (C=O) groups excluding carboxylic acids is 3. The average molecular weight is 971 g/mol. The van der Waals surface area contributed by atoms with Gasteiger partial charge in [0.25, 0.3) is 5.91 Å². The van der Waals surface area contributed by atoms with Gasteiger partial charge in [-0.1, -0.05) is 91.0 Å².